The number of amides is 1. The van der Waals surface area contributed by atoms with E-state index >= 15 is 0 Å². The van der Waals surface area contributed by atoms with Crippen molar-refractivity contribution in [3.05, 3.63) is 0 Å². The van der Waals surface area contributed by atoms with Crippen molar-refractivity contribution >= 4 is 11.9 Å². The Hall–Kier alpha value is -1.06. The van der Waals surface area contributed by atoms with Gasteiger partial charge in [-0.3, -0.25) is 4.79 Å². The van der Waals surface area contributed by atoms with E-state index in [0.29, 0.717) is 0 Å². The second-order valence-corrected chi connectivity index (χ2v) is 3.99. The summed E-state index contributed by atoms with van der Waals surface area (Å²) >= 11 is 0. The smallest absolute Gasteiger partial charge is 0.328 e. The lowest BCUT2D eigenvalue weighted by atomic mass is 9.83. The van der Waals surface area contributed by atoms with E-state index in [0.717, 1.165) is 12.8 Å². The SMILES string of the molecule is CCC(C)(CC)C(=O)N[C@@H](C)C(=O)OC. The van der Waals surface area contributed by atoms with Crippen LogP contribution in [0.3, 0.4) is 0 Å². The normalized spacial score (nSPS) is 13.1. The number of methoxy groups -OCH3 is 1. The number of hydrogen-bond donors (Lipinski definition) is 1. The summed E-state index contributed by atoms with van der Waals surface area (Å²) in [7, 11) is 1.31. The number of carbonyl (C=O) groups excluding carboxylic acids is 2. The van der Waals surface area contributed by atoms with Crippen molar-refractivity contribution < 1.29 is 14.3 Å². The van der Waals surface area contributed by atoms with E-state index in [1.165, 1.54) is 7.11 Å². The van der Waals surface area contributed by atoms with Crippen molar-refractivity contribution in [1.29, 1.82) is 0 Å². The lowest BCUT2D eigenvalue weighted by molar-refractivity contribution is -0.146. The van der Waals surface area contributed by atoms with Crippen molar-refractivity contribution in [1.82, 2.24) is 5.32 Å². The summed E-state index contributed by atoms with van der Waals surface area (Å²) < 4.78 is 4.54. The first-order valence-corrected chi connectivity index (χ1v) is 5.30. The first-order chi connectivity index (χ1) is 6.91. The molecule has 1 amide bonds. The Morgan fingerprint density at radius 1 is 1.33 bits per heavy atom. The third-order valence-electron chi connectivity index (χ3n) is 3.01. The number of ether oxygens (including phenoxy) is 1. The van der Waals surface area contributed by atoms with Crippen LogP contribution in [0, 0.1) is 5.41 Å². The van der Waals surface area contributed by atoms with Gasteiger partial charge >= 0.3 is 5.97 Å². The predicted molar refractivity (Wildman–Crippen MR) is 58.3 cm³/mol. The molecule has 0 aliphatic rings. The molecule has 88 valence electrons. The summed E-state index contributed by atoms with van der Waals surface area (Å²) in [4.78, 5) is 23.0. The van der Waals surface area contributed by atoms with Gasteiger partial charge in [0.15, 0.2) is 0 Å². The predicted octanol–water partition coefficient (Wildman–Crippen LogP) is 1.49. The average molecular weight is 215 g/mol. The molecule has 0 unspecified atom stereocenters. The Labute approximate surface area is 91.4 Å². The molecular weight excluding hydrogens is 194 g/mol. The van der Waals surface area contributed by atoms with Crippen molar-refractivity contribution in [2.75, 3.05) is 7.11 Å². The molecule has 0 spiro atoms. The molecule has 0 fully saturated rings. The fourth-order valence-electron chi connectivity index (χ4n) is 1.18. The molecule has 4 nitrogen and oxygen atoms in total. The van der Waals surface area contributed by atoms with E-state index in [2.05, 4.69) is 10.1 Å². The van der Waals surface area contributed by atoms with Gasteiger partial charge in [-0.25, -0.2) is 4.79 Å². The lowest BCUT2D eigenvalue weighted by Gasteiger charge is -2.26. The first-order valence-electron chi connectivity index (χ1n) is 5.30. The van der Waals surface area contributed by atoms with Crippen LogP contribution in [-0.4, -0.2) is 25.0 Å². The molecule has 0 rings (SSSR count). The number of nitrogens with one attached hydrogen (secondary N) is 1. The second-order valence-electron chi connectivity index (χ2n) is 3.99. The Bertz CT molecular complexity index is 234. The van der Waals surface area contributed by atoms with E-state index in [-0.39, 0.29) is 5.91 Å². The molecule has 0 aliphatic carbocycles. The molecule has 0 aliphatic heterocycles. The van der Waals surface area contributed by atoms with E-state index in [1.807, 2.05) is 20.8 Å². The van der Waals surface area contributed by atoms with Gasteiger partial charge in [0.2, 0.25) is 5.91 Å². The zero-order valence-electron chi connectivity index (χ0n) is 10.2. The average Bonchev–Trinajstić information content (AvgIpc) is 2.26. The molecule has 0 bridgehead atoms. The van der Waals surface area contributed by atoms with Gasteiger partial charge in [-0.2, -0.15) is 0 Å². The molecule has 4 heteroatoms. The Balaban J connectivity index is 4.42. The number of esters is 1. The van der Waals surface area contributed by atoms with Gasteiger partial charge in [-0.15, -0.1) is 0 Å². The third kappa shape index (κ3) is 3.53. The van der Waals surface area contributed by atoms with Crippen LogP contribution in [0.25, 0.3) is 0 Å². The zero-order valence-corrected chi connectivity index (χ0v) is 10.2. The molecule has 0 heterocycles. The van der Waals surface area contributed by atoms with Crippen molar-refractivity contribution in [2.24, 2.45) is 5.41 Å². The third-order valence-corrected chi connectivity index (χ3v) is 3.01. The summed E-state index contributed by atoms with van der Waals surface area (Å²) in [5.74, 6) is -0.511. The molecule has 0 aromatic rings. The van der Waals surface area contributed by atoms with Crippen molar-refractivity contribution in [2.45, 2.75) is 46.6 Å². The minimum atomic E-state index is -0.583. The minimum Gasteiger partial charge on any atom is -0.467 e. The summed E-state index contributed by atoms with van der Waals surface area (Å²) in [5.41, 5.74) is -0.401. The molecule has 1 atom stereocenters. The summed E-state index contributed by atoms with van der Waals surface area (Å²) in [6, 6.07) is -0.583. The summed E-state index contributed by atoms with van der Waals surface area (Å²) in [6.07, 6.45) is 1.51. The van der Waals surface area contributed by atoms with Gasteiger partial charge in [0.1, 0.15) is 6.04 Å². The molecule has 1 N–H and O–H groups in total. The van der Waals surface area contributed by atoms with Gasteiger partial charge in [0.25, 0.3) is 0 Å². The largest absolute Gasteiger partial charge is 0.467 e. The Morgan fingerprint density at radius 2 is 1.80 bits per heavy atom. The molecule has 0 aromatic carbocycles. The van der Waals surface area contributed by atoms with Crippen LogP contribution in [0.2, 0.25) is 0 Å². The van der Waals surface area contributed by atoms with Crippen LogP contribution in [0.1, 0.15) is 40.5 Å². The molecule has 0 saturated carbocycles. The van der Waals surface area contributed by atoms with E-state index in [4.69, 9.17) is 0 Å². The van der Waals surface area contributed by atoms with E-state index in [9.17, 15) is 9.59 Å². The molecular formula is C11H21NO3. The molecule has 15 heavy (non-hydrogen) atoms. The highest BCUT2D eigenvalue weighted by Gasteiger charge is 2.31. The topological polar surface area (TPSA) is 55.4 Å². The fraction of sp³-hybridized carbons (Fsp3) is 0.818. The van der Waals surface area contributed by atoms with Crippen LogP contribution in [0.15, 0.2) is 0 Å². The van der Waals surface area contributed by atoms with Gasteiger partial charge in [-0.05, 0) is 19.8 Å². The van der Waals surface area contributed by atoms with E-state index < -0.39 is 17.4 Å². The van der Waals surface area contributed by atoms with Crippen LogP contribution in [-0.2, 0) is 14.3 Å². The minimum absolute atomic E-state index is 0.0922. The Kier molecular flexibility index (Phi) is 5.33. The standard InChI is InChI=1S/C11H21NO3/c1-6-11(4,7-2)10(14)12-8(3)9(13)15-5/h8H,6-7H2,1-5H3,(H,12,14)/t8-/m0/s1. The second kappa shape index (κ2) is 5.73. The highest BCUT2D eigenvalue weighted by Crippen LogP contribution is 2.25. The number of carbonyl (C=O) groups is 2. The quantitative estimate of drug-likeness (QED) is 0.707. The van der Waals surface area contributed by atoms with Crippen molar-refractivity contribution in [3.8, 4) is 0 Å². The maximum absolute atomic E-state index is 11.8. The number of hydrogen-bond acceptors (Lipinski definition) is 3. The van der Waals surface area contributed by atoms with Crippen LogP contribution >= 0.6 is 0 Å². The Morgan fingerprint density at radius 3 is 2.13 bits per heavy atom. The van der Waals surface area contributed by atoms with Crippen LogP contribution in [0.4, 0.5) is 0 Å². The van der Waals surface area contributed by atoms with E-state index in [1.54, 1.807) is 6.92 Å². The first kappa shape index (κ1) is 13.9. The molecule has 0 saturated heterocycles. The monoisotopic (exact) mass is 215 g/mol. The van der Waals surface area contributed by atoms with Crippen LogP contribution < -0.4 is 5.32 Å². The fourth-order valence-corrected chi connectivity index (χ4v) is 1.18. The van der Waals surface area contributed by atoms with Gasteiger partial charge in [-0.1, -0.05) is 20.8 Å². The van der Waals surface area contributed by atoms with Crippen molar-refractivity contribution in [3.63, 3.8) is 0 Å². The van der Waals surface area contributed by atoms with Crippen LogP contribution in [0.5, 0.6) is 0 Å². The highest BCUT2D eigenvalue weighted by atomic mass is 16.5. The van der Waals surface area contributed by atoms with Gasteiger partial charge in [0.05, 0.1) is 7.11 Å². The zero-order chi connectivity index (χ0) is 12.1. The molecule has 0 radical (unpaired) electrons. The summed E-state index contributed by atoms with van der Waals surface area (Å²) in [6.45, 7) is 7.44. The highest BCUT2D eigenvalue weighted by molar-refractivity contribution is 5.87. The lowest BCUT2D eigenvalue weighted by Crippen LogP contribution is -2.46. The maximum Gasteiger partial charge on any atom is 0.328 e. The van der Waals surface area contributed by atoms with Gasteiger partial charge in [0, 0.05) is 5.41 Å². The summed E-state index contributed by atoms with van der Waals surface area (Å²) in [5, 5.41) is 2.66. The molecule has 0 aromatic heterocycles. The maximum atomic E-state index is 11.8. The van der Waals surface area contributed by atoms with Gasteiger partial charge < -0.3 is 10.1 Å². The number of rotatable bonds is 5.